The van der Waals surface area contributed by atoms with Crippen LogP contribution in [0.25, 0.3) is 10.9 Å². The van der Waals surface area contributed by atoms with Gasteiger partial charge in [0.2, 0.25) is 0 Å². The van der Waals surface area contributed by atoms with E-state index in [0.717, 1.165) is 38.0 Å². The Morgan fingerprint density at radius 1 is 1.23 bits per heavy atom. The number of piperidine rings is 1. The average Bonchev–Trinajstić information content (AvgIpc) is 2.61. The lowest BCUT2D eigenvalue weighted by Gasteiger charge is -2.37. The molecular weight excluding hydrogens is 326 g/mol. The van der Waals surface area contributed by atoms with Gasteiger partial charge in [-0.2, -0.15) is 0 Å². The Morgan fingerprint density at radius 3 is 2.62 bits per heavy atom. The summed E-state index contributed by atoms with van der Waals surface area (Å²) in [5.41, 5.74) is 1.90. The number of carbonyl (C=O) groups excluding carboxylic acids is 1. The standard InChI is InChI=1S/C21H29N3O2/c1-21(2,3)26-20(25)23(4)18-10-13-24(14-11-18)15-17-8-5-7-16-9-6-12-22-19(16)17/h5-9,12,18H,10-11,13-15H2,1-4H3. The van der Waals surface area contributed by atoms with E-state index >= 15 is 0 Å². The van der Waals surface area contributed by atoms with Gasteiger partial charge >= 0.3 is 6.09 Å². The molecule has 0 bridgehead atoms. The molecule has 140 valence electrons. The van der Waals surface area contributed by atoms with Crippen LogP contribution in [-0.4, -0.2) is 52.7 Å². The minimum Gasteiger partial charge on any atom is -0.444 e. The number of ether oxygens (including phenoxy) is 1. The summed E-state index contributed by atoms with van der Waals surface area (Å²) >= 11 is 0. The van der Waals surface area contributed by atoms with Crippen molar-refractivity contribution in [1.29, 1.82) is 0 Å². The minimum absolute atomic E-state index is 0.228. The Kier molecular flexibility index (Phi) is 5.47. The van der Waals surface area contributed by atoms with E-state index in [9.17, 15) is 4.79 Å². The Labute approximate surface area is 156 Å². The van der Waals surface area contributed by atoms with Gasteiger partial charge in [0.25, 0.3) is 0 Å². The van der Waals surface area contributed by atoms with Gasteiger partial charge in [-0.15, -0.1) is 0 Å². The molecule has 26 heavy (non-hydrogen) atoms. The lowest BCUT2D eigenvalue weighted by atomic mass is 10.0. The molecule has 0 unspecified atom stereocenters. The number of nitrogens with zero attached hydrogens (tertiary/aromatic N) is 3. The summed E-state index contributed by atoms with van der Waals surface area (Å²) in [6, 6.07) is 10.7. The second-order valence-corrected chi connectivity index (χ2v) is 8.09. The molecular formula is C21H29N3O2. The fourth-order valence-electron chi connectivity index (χ4n) is 3.48. The molecule has 1 aliphatic heterocycles. The van der Waals surface area contributed by atoms with Crippen molar-refractivity contribution < 1.29 is 9.53 Å². The predicted octanol–water partition coefficient (Wildman–Crippen LogP) is 4.07. The second-order valence-electron chi connectivity index (χ2n) is 8.09. The van der Waals surface area contributed by atoms with Crippen molar-refractivity contribution in [3.8, 4) is 0 Å². The molecule has 5 nitrogen and oxygen atoms in total. The van der Waals surface area contributed by atoms with Crippen molar-refractivity contribution in [2.75, 3.05) is 20.1 Å². The van der Waals surface area contributed by atoms with E-state index in [0.29, 0.717) is 0 Å². The molecule has 0 spiro atoms. The van der Waals surface area contributed by atoms with Crippen LogP contribution in [-0.2, 0) is 11.3 Å². The molecule has 1 amide bonds. The van der Waals surface area contributed by atoms with E-state index < -0.39 is 5.60 Å². The Balaban J connectivity index is 1.58. The number of amides is 1. The highest BCUT2D eigenvalue weighted by molar-refractivity contribution is 5.81. The molecule has 0 aliphatic carbocycles. The topological polar surface area (TPSA) is 45.7 Å². The van der Waals surface area contributed by atoms with E-state index in [1.807, 2.05) is 40.1 Å². The van der Waals surface area contributed by atoms with Gasteiger partial charge in [0.05, 0.1) is 5.52 Å². The highest BCUT2D eigenvalue weighted by atomic mass is 16.6. The molecule has 5 heteroatoms. The van der Waals surface area contributed by atoms with Crippen molar-refractivity contribution >= 4 is 17.0 Å². The molecule has 1 fully saturated rings. The maximum absolute atomic E-state index is 12.3. The fourth-order valence-corrected chi connectivity index (χ4v) is 3.48. The van der Waals surface area contributed by atoms with Crippen molar-refractivity contribution in [1.82, 2.24) is 14.8 Å². The molecule has 0 N–H and O–H groups in total. The third-order valence-corrected chi connectivity index (χ3v) is 4.90. The van der Waals surface area contributed by atoms with E-state index in [1.165, 1.54) is 10.9 Å². The van der Waals surface area contributed by atoms with E-state index in [4.69, 9.17) is 4.74 Å². The third kappa shape index (κ3) is 4.52. The molecule has 2 aromatic rings. The molecule has 1 aromatic carbocycles. The lowest BCUT2D eigenvalue weighted by molar-refractivity contribution is 0.0149. The second kappa shape index (κ2) is 7.62. The maximum Gasteiger partial charge on any atom is 0.410 e. The summed E-state index contributed by atoms with van der Waals surface area (Å²) in [5, 5.41) is 1.18. The van der Waals surface area contributed by atoms with E-state index in [2.05, 4.69) is 34.1 Å². The summed E-state index contributed by atoms with van der Waals surface area (Å²) in [4.78, 5) is 21.0. The largest absolute Gasteiger partial charge is 0.444 e. The summed E-state index contributed by atoms with van der Waals surface area (Å²) in [7, 11) is 1.85. The zero-order valence-corrected chi connectivity index (χ0v) is 16.2. The van der Waals surface area contributed by atoms with E-state index in [-0.39, 0.29) is 12.1 Å². The number of benzene rings is 1. The van der Waals surface area contributed by atoms with Gasteiger partial charge in [-0.25, -0.2) is 4.79 Å². The number of hydrogen-bond acceptors (Lipinski definition) is 4. The van der Waals surface area contributed by atoms with E-state index in [1.54, 1.807) is 4.90 Å². The van der Waals surface area contributed by atoms with Crippen LogP contribution in [0.4, 0.5) is 4.79 Å². The number of rotatable bonds is 3. The molecule has 0 saturated carbocycles. The highest BCUT2D eigenvalue weighted by Crippen LogP contribution is 2.22. The molecule has 0 radical (unpaired) electrons. The van der Waals surface area contributed by atoms with Crippen LogP contribution in [0.15, 0.2) is 36.5 Å². The first-order chi connectivity index (χ1) is 12.3. The summed E-state index contributed by atoms with van der Waals surface area (Å²) in [6.45, 7) is 8.55. The van der Waals surface area contributed by atoms with Crippen molar-refractivity contribution in [2.24, 2.45) is 0 Å². The summed E-state index contributed by atoms with van der Waals surface area (Å²) in [5.74, 6) is 0. The quantitative estimate of drug-likeness (QED) is 0.833. The van der Waals surface area contributed by atoms with Crippen LogP contribution in [0.3, 0.4) is 0 Å². The normalized spacial score (nSPS) is 16.6. The highest BCUT2D eigenvalue weighted by Gasteiger charge is 2.28. The SMILES string of the molecule is CN(C(=O)OC(C)(C)C)C1CCN(Cc2cccc3cccnc23)CC1. The monoisotopic (exact) mass is 355 g/mol. The van der Waals surface area contributed by atoms with Crippen LogP contribution in [0.5, 0.6) is 0 Å². The first kappa shape index (κ1) is 18.6. The minimum atomic E-state index is -0.451. The van der Waals surface area contributed by atoms with Crippen LogP contribution in [0.2, 0.25) is 0 Å². The van der Waals surface area contributed by atoms with Crippen LogP contribution in [0.1, 0.15) is 39.2 Å². The number of pyridine rings is 1. The summed E-state index contributed by atoms with van der Waals surface area (Å²) < 4.78 is 5.49. The first-order valence-corrected chi connectivity index (χ1v) is 9.34. The van der Waals surface area contributed by atoms with Crippen molar-refractivity contribution in [2.45, 2.75) is 51.8 Å². The molecule has 2 heterocycles. The smallest absolute Gasteiger partial charge is 0.410 e. The Morgan fingerprint density at radius 2 is 1.92 bits per heavy atom. The Hall–Kier alpha value is -2.14. The maximum atomic E-state index is 12.3. The van der Waals surface area contributed by atoms with Gasteiger partial charge in [0.15, 0.2) is 0 Å². The van der Waals surface area contributed by atoms with Crippen LogP contribution < -0.4 is 0 Å². The van der Waals surface area contributed by atoms with Crippen LogP contribution >= 0.6 is 0 Å². The lowest BCUT2D eigenvalue weighted by Crippen LogP contribution is -2.46. The predicted molar refractivity (Wildman–Crippen MR) is 104 cm³/mol. The zero-order chi connectivity index (χ0) is 18.7. The number of para-hydroxylation sites is 1. The summed E-state index contributed by atoms with van der Waals surface area (Å²) in [6.07, 6.45) is 3.56. The fraction of sp³-hybridized carbons (Fsp3) is 0.524. The molecule has 1 aromatic heterocycles. The number of likely N-dealkylation sites (tertiary alicyclic amines) is 1. The molecule has 3 rings (SSSR count). The molecule has 0 atom stereocenters. The van der Waals surface area contributed by atoms with Crippen molar-refractivity contribution in [3.63, 3.8) is 0 Å². The van der Waals surface area contributed by atoms with Gasteiger partial charge in [-0.3, -0.25) is 9.88 Å². The van der Waals surface area contributed by atoms with Gasteiger partial charge in [-0.1, -0.05) is 24.3 Å². The number of aromatic nitrogens is 1. The Bertz CT molecular complexity index is 756. The third-order valence-electron chi connectivity index (χ3n) is 4.90. The molecule has 1 saturated heterocycles. The first-order valence-electron chi connectivity index (χ1n) is 9.34. The van der Waals surface area contributed by atoms with Gasteiger partial charge in [0, 0.05) is 44.3 Å². The number of carbonyl (C=O) groups is 1. The number of hydrogen-bond donors (Lipinski definition) is 0. The average molecular weight is 355 g/mol. The van der Waals surface area contributed by atoms with Crippen LogP contribution in [0, 0.1) is 0 Å². The van der Waals surface area contributed by atoms with Gasteiger partial charge < -0.3 is 9.64 Å². The van der Waals surface area contributed by atoms with Gasteiger partial charge in [0.1, 0.15) is 5.60 Å². The zero-order valence-electron chi connectivity index (χ0n) is 16.2. The van der Waals surface area contributed by atoms with Gasteiger partial charge in [-0.05, 0) is 45.2 Å². The molecule has 1 aliphatic rings. The van der Waals surface area contributed by atoms with Crippen molar-refractivity contribution in [3.05, 3.63) is 42.1 Å². The number of fused-ring (bicyclic) bond motifs is 1.